The molecule has 78 valence electrons. The van der Waals surface area contributed by atoms with Crippen LogP contribution in [0.4, 0.5) is 0 Å². The van der Waals surface area contributed by atoms with Gasteiger partial charge in [0.15, 0.2) is 0 Å². The Morgan fingerprint density at radius 1 is 1.33 bits per heavy atom. The summed E-state index contributed by atoms with van der Waals surface area (Å²) in [6.07, 6.45) is 1.75. The molecule has 0 saturated heterocycles. The first-order chi connectivity index (χ1) is 7.24. The van der Waals surface area contributed by atoms with Gasteiger partial charge in [0, 0.05) is 0 Å². The summed E-state index contributed by atoms with van der Waals surface area (Å²) in [5.74, 6) is 1.83. The summed E-state index contributed by atoms with van der Waals surface area (Å²) in [6.45, 7) is 2.34. The van der Waals surface area contributed by atoms with Crippen molar-refractivity contribution in [3.63, 3.8) is 0 Å². The number of aromatic amines is 1. The van der Waals surface area contributed by atoms with E-state index < -0.39 is 0 Å². The molecule has 4 nitrogen and oxygen atoms in total. The van der Waals surface area contributed by atoms with Gasteiger partial charge in [0.25, 0.3) is 0 Å². The number of hydrogen-bond acceptors (Lipinski definition) is 3. The number of H-pyrrole nitrogens is 1. The fourth-order valence-corrected chi connectivity index (χ4v) is 1.25. The molecular weight excluding hydrogens is 192 g/mol. The molecule has 0 saturated carbocycles. The number of rotatable bonds is 3. The van der Waals surface area contributed by atoms with Crippen molar-refractivity contribution in [2.24, 2.45) is 0 Å². The normalized spacial score (nSPS) is 10.2. The van der Waals surface area contributed by atoms with Crippen LogP contribution in [0.15, 0.2) is 30.5 Å². The fourth-order valence-electron chi connectivity index (χ4n) is 1.25. The lowest BCUT2D eigenvalue weighted by atomic mass is 10.3. The smallest absolute Gasteiger partial charge is 0.130 e. The zero-order valence-electron chi connectivity index (χ0n) is 8.40. The van der Waals surface area contributed by atoms with Gasteiger partial charge < -0.3 is 14.8 Å². The van der Waals surface area contributed by atoms with Crippen molar-refractivity contribution in [1.29, 1.82) is 0 Å². The van der Waals surface area contributed by atoms with Gasteiger partial charge in [-0.05, 0) is 31.2 Å². The van der Waals surface area contributed by atoms with Gasteiger partial charge in [0.05, 0.1) is 11.9 Å². The zero-order chi connectivity index (χ0) is 10.7. The average Bonchev–Trinajstić information content (AvgIpc) is 2.64. The van der Waals surface area contributed by atoms with E-state index in [1.807, 2.05) is 6.92 Å². The Labute approximate surface area is 87.6 Å². The third kappa shape index (κ3) is 2.49. The molecule has 1 aromatic heterocycles. The number of imidazole rings is 1. The summed E-state index contributed by atoms with van der Waals surface area (Å²) < 4.78 is 5.48. The number of aromatic hydroxyl groups is 1. The van der Waals surface area contributed by atoms with Gasteiger partial charge in [-0.25, -0.2) is 4.98 Å². The highest BCUT2D eigenvalue weighted by Crippen LogP contribution is 2.16. The minimum absolute atomic E-state index is 0.236. The van der Waals surface area contributed by atoms with Crippen molar-refractivity contribution in [3.8, 4) is 11.5 Å². The Hall–Kier alpha value is -1.97. The van der Waals surface area contributed by atoms with Crippen LogP contribution in [0.3, 0.4) is 0 Å². The first-order valence-electron chi connectivity index (χ1n) is 4.66. The standard InChI is InChI=1S/C11H12N2O2/c1-8-12-6-9(13-8)7-15-11-4-2-10(14)3-5-11/h2-6,14H,7H2,1H3,(H,12,13). The molecule has 0 aliphatic carbocycles. The number of nitrogens with one attached hydrogen (secondary N) is 1. The SMILES string of the molecule is Cc1ncc(COc2ccc(O)cc2)[nH]1. The number of hydrogen-bond donors (Lipinski definition) is 2. The van der Waals surface area contributed by atoms with Gasteiger partial charge in [0.2, 0.25) is 0 Å². The van der Waals surface area contributed by atoms with Crippen LogP contribution < -0.4 is 4.74 Å². The summed E-state index contributed by atoms with van der Waals surface area (Å²) in [5, 5.41) is 9.07. The molecule has 0 amide bonds. The third-order valence-electron chi connectivity index (χ3n) is 1.99. The second kappa shape index (κ2) is 4.04. The average molecular weight is 204 g/mol. The maximum absolute atomic E-state index is 9.07. The fraction of sp³-hybridized carbons (Fsp3) is 0.182. The predicted octanol–water partition coefficient (Wildman–Crippen LogP) is 2.00. The molecule has 0 aliphatic heterocycles. The lowest BCUT2D eigenvalue weighted by molar-refractivity contribution is 0.301. The Bertz CT molecular complexity index is 434. The van der Waals surface area contributed by atoms with E-state index in [4.69, 9.17) is 9.84 Å². The minimum atomic E-state index is 0.236. The van der Waals surface area contributed by atoms with Crippen LogP contribution in [0, 0.1) is 6.92 Å². The summed E-state index contributed by atoms with van der Waals surface area (Å²) in [7, 11) is 0. The molecule has 0 bridgehead atoms. The van der Waals surface area contributed by atoms with Crippen molar-refractivity contribution in [2.75, 3.05) is 0 Å². The number of phenolic OH excluding ortho intramolecular Hbond substituents is 1. The van der Waals surface area contributed by atoms with Gasteiger partial charge in [-0.15, -0.1) is 0 Å². The van der Waals surface area contributed by atoms with E-state index in [-0.39, 0.29) is 5.75 Å². The van der Waals surface area contributed by atoms with Crippen LogP contribution in [0.1, 0.15) is 11.5 Å². The number of phenols is 1. The summed E-state index contributed by atoms with van der Waals surface area (Å²) in [6, 6.07) is 6.62. The van der Waals surface area contributed by atoms with Crippen LogP contribution >= 0.6 is 0 Å². The summed E-state index contributed by atoms with van der Waals surface area (Å²) in [5.41, 5.74) is 0.931. The first-order valence-corrected chi connectivity index (χ1v) is 4.66. The van der Waals surface area contributed by atoms with E-state index >= 15 is 0 Å². The monoisotopic (exact) mass is 204 g/mol. The maximum atomic E-state index is 9.07. The van der Waals surface area contributed by atoms with E-state index in [0.29, 0.717) is 6.61 Å². The molecular formula is C11H12N2O2. The van der Waals surface area contributed by atoms with Gasteiger partial charge >= 0.3 is 0 Å². The van der Waals surface area contributed by atoms with Crippen molar-refractivity contribution in [2.45, 2.75) is 13.5 Å². The number of aromatic nitrogens is 2. The zero-order valence-corrected chi connectivity index (χ0v) is 8.40. The molecule has 0 radical (unpaired) electrons. The number of aryl methyl sites for hydroxylation is 1. The van der Waals surface area contributed by atoms with Crippen LogP contribution in [-0.2, 0) is 6.61 Å². The molecule has 0 fully saturated rings. The molecule has 2 aromatic rings. The first kappa shape index (κ1) is 9.58. The molecule has 0 unspecified atom stereocenters. The molecule has 0 atom stereocenters. The summed E-state index contributed by atoms with van der Waals surface area (Å²) >= 11 is 0. The number of ether oxygens (including phenoxy) is 1. The molecule has 1 aromatic carbocycles. The molecule has 2 rings (SSSR count). The van der Waals surface area contributed by atoms with Crippen molar-refractivity contribution < 1.29 is 9.84 Å². The Morgan fingerprint density at radius 3 is 2.67 bits per heavy atom. The summed E-state index contributed by atoms with van der Waals surface area (Å²) in [4.78, 5) is 7.14. The predicted molar refractivity (Wildman–Crippen MR) is 55.8 cm³/mol. The van der Waals surface area contributed by atoms with Crippen LogP contribution in [-0.4, -0.2) is 15.1 Å². The van der Waals surface area contributed by atoms with Gasteiger partial charge in [-0.2, -0.15) is 0 Å². The molecule has 0 spiro atoms. The van der Waals surface area contributed by atoms with Crippen molar-refractivity contribution >= 4 is 0 Å². The van der Waals surface area contributed by atoms with Crippen molar-refractivity contribution in [1.82, 2.24) is 9.97 Å². The molecule has 1 heterocycles. The van der Waals surface area contributed by atoms with Gasteiger partial charge in [-0.1, -0.05) is 0 Å². The molecule has 2 N–H and O–H groups in total. The lowest BCUT2D eigenvalue weighted by Gasteiger charge is -2.03. The highest BCUT2D eigenvalue weighted by Gasteiger charge is 1.98. The van der Waals surface area contributed by atoms with E-state index in [1.165, 1.54) is 0 Å². The Kier molecular flexibility index (Phi) is 2.58. The second-order valence-corrected chi connectivity index (χ2v) is 3.28. The lowest BCUT2D eigenvalue weighted by Crippen LogP contribution is -1.95. The molecule has 15 heavy (non-hydrogen) atoms. The largest absolute Gasteiger partial charge is 0.508 e. The Morgan fingerprint density at radius 2 is 2.07 bits per heavy atom. The highest BCUT2D eigenvalue weighted by atomic mass is 16.5. The van der Waals surface area contributed by atoms with Gasteiger partial charge in [-0.3, -0.25) is 0 Å². The van der Waals surface area contributed by atoms with E-state index in [0.717, 1.165) is 17.3 Å². The second-order valence-electron chi connectivity index (χ2n) is 3.28. The highest BCUT2D eigenvalue weighted by molar-refractivity contribution is 5.30. The van der Waals surface area contributed by atoms with Crippen LogP contribution in [0.5, 0.6) is 11.5 Å². The van der Waals surface area contributed by atoms with Gasteiger partial charge in [0.1, 0.15) is 23.9 Å². The topological polar surface area (TPSA) is 58.1 Å². The van der Waals surface area contributed by atoms with Crippen LogP contribution in [0.2, 0.25) is 0 Å². The van der Waals surface area contributed by atoms with E-state index in [9.17, 15) is 0 Å². The van der Waals surface area contributed by atoms with E-state index in [1.54, 1.807) is 30.5 Å². The van der Waals surface area contributed by atoms with Crippen LogP contribution in [0.25, 0.3) is 0 Å². The number of nitrogens with zero attached hydrogens (tertiary/aromatic N) is 1. The maximum Gasteiger partial charge on any atom is 0.130 e. The third-order valence-corrected chi connectivity index (χ3v) is 1.99. The van der Waals surface area contributed by atoms with Crippen molar-refractivity contribution in [3.05, 3.63) is 42.0 Å². The minimum Gasteiger partial charge on any atom is -0.508 e. The molecule has 0 aliphatic rings. The Balaban J connectivity index is 1.96. The number of benzene rings is 1. The molecule has 4 heteroatoms. The van der Waals surface area contributed by atoms with E-state index in [2.05, 4.69) is 9.97 Å². The quantitative estimate of drug-likeness (QED) is 0.804.